The normalized spacial score (nSPS) is 12.1. The van der Waals surface area contributed by atoms with E-state index >= 15 is 0 Å². The number of fused-ring (bicyclic) bond motifs is 1. The van der Waals surface area contributed by atoms with Gasteiger partial charge in [0.15, 0.2) is 5.82 Å². The second-order valence-electron chi connectivity index (χ2n) is 6.26. The third-order valence-corrected chi connectivity index (χ3v) is 3.03. The lowest BCUT2D eigenvalue weighted by molar-refractivity contribution is 0.417. The average molecular weight is 260 g/mol. The molecule has 0 fully saturated rings. The Morgan fingerprint density at radius 3 is 2.68 bits per heavy atom. The summed E-state index contributed by atoms with van der Waals surface area (Å²) in [4.78, 5) is 7.01. The Morgan fingerprint density at radius 1 is 1.32 bits per heavy atom. The Labute approximate surface area is 115 Å². The number of nitrogens with zero attached hydrogens (tertiary/aromatic N) is 3. The molecule has 2 heterocycles. The molecule has 0 saturated heterocycles. The lowest BCUT2D eigenvalue weighted by atomic mass is 9.96. The van der Waals surface area contributed by atoms with Crippen molar-refractivity contribution in [2.75, 3.05) is 25.5 Å². The first kappa shape index (κ1) is 13.9. The van der Waals surface area contributed by atoms with Crippen LogP contribution in [0.3, 0.4) is 0 Å². The molecule has 104 valence electrons. The Balaban J connectivity index is 2.43. The van der Waals surface area contributed by atoms with E-state index in [1.54, 1.807) is 0 Å². The molecule has 0 amide bonds. The van der Waals surface area contributed by atoms with Gasteiger partial charge < -0.3 is 14.6 Å². The minimum absolute atomic E-state index is 0.251. The van der Waals surface area contributed by atoms with Crippen molar-refractivity contribution in [3.8, 4) is 0 Å². The van der Waals surface area contributed by atoms with Crippen molar-refractivity contribution < 1.29 is 0 Å². The maximum Gasteiger partial charge on any atom is 0.152 e. The molecule has 4 heteroatoms. The van der Waals surface area contributed by atoms with E-state index in [-0.39, 0.29) is 5.41 Å². The first-order chi connectivity index (χ1) is 8.92. The maximum atomic E-state index is 4.76. The molecule has 19 heavy (non-hydrogen) atoms. The zero-order valence-corrected chi connectivity index (χ0v) is 12.6. The van der Waals surface area contributed by atoms with Gasteiger partial charge in [0.05, 0.1) is 5.69 Å². The molecule has 0 saturated carbocycles. The molecule has 2 rings (SSSR count). The molecule has 0 aromatic carbocycles. The highest BCUT2D eigenvalue weighted by Gasteiger charge is 2.19. The lowest BCUT2D eigenvalue weighted by Crippen LogP contribution is -2.30. The van der Waals surface area contributed by atoms with Gasteiger partial charge in [0.2, 0.25) is 0 Å². The van der Waals surface area contributed by atoms with Crippen molar-refractivity contribution in [3.05, 3.63) is 30.1 Å². The quantitative estimate of drug-likeness (QED) is 0.917. The summed E-state index contributed by atoms with van der Waals surface area (Å²) in [7, 11) is 4.09. The summed E-state index contributed by atoms with van der Waals surface area (Å²) in [5, 5.41) is 3.23. The summed E-state index contributed by atoms with van der Waals surface area (Å²) in [6, 6.07) is 6.12. The van der Waals surface area contributed by atoms with Gasteiger partial charge in [0.1, 0.15) is 5.65 Å². The van der Waals surface area contributed by atoms with Crippen molar-refractivity contribution >= 4 is 11.5 Å². The summed E-state index contributed by atoms with van der Waals surface area (Å²) in [6.07, 6.45) is 2.07. The van der Waals surface area contributed by atoms with Gasteiger partial charge in [-0.15, -0.1) is 0 Å². The van der Waals surface area contributed by atoms with Crippen molar-refractivity contribution in [2.24, 2.45) is 5.41 Å². The van der Waals surface area contributed by atoms with Crippen LogP contribution in [-0.2, 0) is 6.54 Å². The lowest BCUT2D eigenvalue weighted by Gasteiger charge is -2.27. The van der Waals surface area contributed by atoms with Gasteiger partial charge in [0, 0.05) is 26.3 Å². The van der Waals surface area contributed by atoms with Gasteiger partial charge in [-0.05, 0) is 24.6 Å². The van der Waals surface area contributed by atoms with Crippen LogP contribution in [0.1, 0.15) is 26.5 Å². The van der Waals surface area contributed by atoms with Crippen molar-refractivity contribution in [3.63, 3.8) is 0 Å². The minimum Gasteiger partial charge on any atom is -0.358 e. The monoisotopic (exact) mass is 260 g/mol. The topological polar surface area (TPSA) is 32.6 Å². The summed E-state index contributed by atoms with van der Waals surface area (Å²) in [5.41, 5.74) is 2.47. The van der Waals surface area contributed by atoms with E-state index in [4.69, 9.17) is 4.98 Å². The molecular weight excluding hydrogens is 236 g/mol. The van der Waals surface area contributed by atoms with Crippen LogP contribution < -0.4 is 10.2 Å². The predicted octanol–water partition coefficient (Wildman–Crippen LogP) is 2.54. The van der Waals surface area contributed by atoms with Gasteiger partial charge in [-0.2, -0.15) is 0 Å². The Morgan fingerprint density at radius 2 is 2.05 bits per heavy atom. The number of rotatable bonds is 4. The van der Waals surface area contributed by atoms with E-state index in [0.29, 0.717) is 0 Å². The van der Waals surface area contributed by atoms with Crippen LogP contribution in [0.15, 0.2) is 24.4 Å². The second kappa shape index (κ2) is 5.21. The van der Waals surface area contributed by atoms with E-state index in [9.17, 15) is 0 Å². The van der Waals surface area contributed by atoms with Gasteiger partial charge >= 0.3 is 0 Å². The summed E-state index contributed by atoms with van der Waals surface area (Å²) in [6.45, 7) is 8.54. The Hall–Kier alpha value is -1.55. The van der Waals surface area contributed by atoms with Gasteiger partial charge in [-0.1, -0.05) is 26.8 Å². The zero-order chi connectivity index (χ0) is 14.0. The SMILES string of the molecule is CNCc1c(N(C)CC(C)(C)C)nc2ccccn12. The Bertz CT molecular complexity index is 551. The molecule has 0 aliphatic rings. The van der Waals surface area contributed by atoms with Crippen LogP contribution in [0.5, 0.6) is 0 Å². The van der Waals surface area contributed by atoms with Crippen molar-refractivity contribution in [1.29, 1.82) is 0 Å². The highest BCUT2D eigenvalue weighted by Crippen LogP contribution is 2.24. The van der Waals surface area contributed by atoms with E-state index in [2.05, 4.69) is 48.6 Å². The van der Waals surface area contributed by atoms with Crippen LogP contribution in [0.4, 0.5) is 5.82 Å². The van der Waals surface area contributed by atoms with E-state index < -0.39 is 0 Å². The van der Waals surface area contributed by atoms with Crippen molar-refractivity contribution in [1.82, 2.24) is 14.7 Å². The standard InChI is InChI=1S/C15H24N4/c1-15(2,3)11-18(5)14-12(10-16-4)19-9-7-6-8-13(19)17-14/h6-9,16H,10-11H2,1-5H3. The van der Waals surface area contributed by atoms with Gasteiger partial charge in [-0.25, -0.2) is 4.98 Å². The average Bonchev–Trinajstić information content (AvgIpc) is 2.67. The van der Waals surface area contributed by atoms with Crippen LogP contribution in [-0.4, -0.2) is 30.0 Å². The van der Waals surface area contributed by atoms with Crippen LogP contribution >= 0.6 is 0 Å². The molecule has 1 N–H and O–H groups in total. The zero-order valence-electron chi connectivity index (χ0n) is 12.6. The second-order valence-corrected chi connectivity index (χ2v) is 6.26. The van der Waals surface area contributed by atoms with Gasteiger partial charge in [-0.3, -0.25) is 0 Å². The first-order valence-corrected chi connectivity index (χ1v) is 6.74. The molecule has 0 aliphatic carbocycles. The fraction of sp³-hybridized carbons (Fsp3) is 0.533. The molecule has 4 nitrogen and oxygen atoms in total. The molecule has 0 unspecified atom stereocenters. The summed E-state index contributed by atoms with van der Waals surface area (Å²) in [5.74, 6) is 1.07. The number of hydrogen-bond donors (Lipinski definition) is 1. The molecule has 0 radical (unpaired) electrons. The Kier molecular flexibility index (Phi) is 3.80. The third-order valence-electron chi connectivity index (χ3n) is 3.03. The molecule has 0 aliphatic heterocycles. The molecule has 0 bridgehead atoms. The van der Waals surface area contributed by atoms with Gasteiger partial charge in [0.25, 0.3) is 0 Å². The van der Waals surface area contributed by atoms with Crippen LogP contribution in [0.2, 0.25) is 0 Å². The number of imidazole rings is 1. The summed E-state index contributed by atoms with van der Waals surface area (Å²) < 4.78 is 2.16. The number of nitrogens with one attached hydrogen (secondary N) is 1. The van der Waals surface area contributed by atoms with E-state index in [1.807, 2.05) is 25.2 Å². The minimum atomic E-state index is 0.251. The largest absolute Gasteiger partial charge is 0.358 e. The van der Waals surface area contributed by atoms with E-state index in [0.717, 1.165) is 24.6 Å². The van der Waals surface area contributed by atoms with Crippen LogP contribution in [0.25, 0.3) is 5.65 Å². The summed E-state index contributed by atoms with van der Waals surface area (Å²) >= 11 is 0. The highest BCUT2D eigenvalue weighted by atomic mass is 15.2. The molecular formula is C15H24N4. The molecule has 2 aromatic rings. The third kappa shape index (κ3) is 3.07. The fourth-order valence-electron chi connectivity index (χ4n) is 2.46. The van der Waals surface area contributed by atoms with Crippen molar-refractivity contribution in [2.45, 2.75) is 27.3 Å². The molecule has 0 atom stereocenters. The number of pyridine rings is 1. The smallest absolute Gasteiger partial charge is 0.152 e. The number of aromatic nitrogens is 2. The highest BCUT2D eigenvalue weighted by molar-refractivity contribution is 5.55. The first-order valence-electron chi connectivity index (χ1n) is 6.74. The predicted molar refractivity (Wildman–Crippen MR) is 80.7 cm³/mol. The number of anilines is 1. The maximum absolute atomic E-state index is 4.76. The molecule has 2 aromatic heterocycles. The van der Waals surface area contributed by atoms with E-state index in [1.165, 1.54) is 5.69 Å². The van der Waals surface area contributed by atoms with Crippen LogP contribution in [0, 0.1) is 5.41 Å². The molecule has 0 spiro atoms. The number of hydrogen-bond acceptors (Lipinski definition) is 3. The fourth-order valence-corrected chi connectivity index (χ4v) is 2.46.